The summed E-state index contributed by atoms with van der Waals surface area (Å²) < 4.78 is 0.313. The lowest BCUT2D eigenvalue weighted by Crippen LogP contribution is -2.54. The predicted octanol–water partition coefficient (Wildman–Crippen LogP) is -0.114. The van der Waals surface area contributed by atoms with Gasteiger partial charge in [0.2, 0.25) is 0 Å². The van der Waals surface area contributed by atoms with E-state index >= 15 is 0 Å². The Morgan fingerprint density at radius 1 is 1.38 bits per heavy atom. The molecule has 1 aliphatic rings. The third kappa shape index (κ3) is 1.85. The highest BCUT2D eigenvalue weighted by Crippen LogP contribution is 2.10. The van der Waals surface area contributed by atoms with Crippen molar-refractivity contribution in [1.82, 2.24) is 0 Å². The second-order valence-corrected chi connectivity index (χ2v) is 3.96. The molecule has 0 aromatic rings. The lowest BCUT2D eigenvalue weighted by molar-refractivity contribution is -0.802. The summed E-state index contributed by atoms with van der Waals surface area (Å²) in [5, 5.41) is 0. The van der Waals surface area contributed by atoms with Crippen molar-refractivity contribution in [3.8, 4) is 0 Å². The van der Waals surface area contributed by atoms with Crippen LogP contribution in [0.25, 0.3) is 0 Å². The molecule has 0 aromatic carbocycles. The Balaban J connectivity index is 2.33. The fourth-order valence-electron chi connectivity index (χ4n) is 0.652. The van der Waals surface area contributed by atoms with Crippen molar-refractivity contribution in [3.05, 3.63) is 0 Å². The van der Waals surface area contributed by atoms with Gasteiger partial charge in [0.1, 0.15) is 0 Å². The zero-order valence-corrected chi connectivity index (χ0v) is 6.30. The number of nitrogens with two attached hydrogens (primary N) is 1. The summed E-state index contributed by atoms with van der Waals surface area (Å²) in [4.78, 5) is 0. The molecule has 48 valence electrons. The number of quaternary nitrogens is 1. The summed E-state index contributed by atoms with van der Waals surface area (Å²) in [6.45, 7) is 1.89. The maximum absolute atomic E-state index is 5.62. The van der Waals surface area contributed by atoms with Gasteiger partial charge in [-0.05, 0) is 0 Å². The zero-order chi connectivity index (χ0) is 6.04. The van der Waals surface area contributed by atoms with Crippen molar-refractivity contribution in [2.24, 2.45) is 5.84 Å². The molecule has 2 nitrogen and oxygen atoms in total. The fourth-order valence-corrected chi connectivity index (χ4v) is 2.18. The van der Waals surface area contributed by atoms with E-state index in [2.05, 4.69) is 0 Å². The van der Waals surface area contributed by atoms with E-state index in [1.165, 1.54) is 0 Å². The third-order valence-electron chi connectivity index (χ3n) is 1.23. The van der Waals surface area contributed by atoms with E-state index in [4.69, 9.17) is 18.7 Å². The summed E-state index contributed by atoms with van der Waals surface area (Å²) in [7, 11) is 0. The highest BCUT2D eigenvalue weighted by Gasteiger charge is 2.13. The average molecular weight is 150 g/mol. The minimum atomic E-state index is 0.313. The predicted molar refractivity (Wildman–Crippen MR) is 38.9 cm³/mol. The molecule has 1 fully saturated rings. The van der Waals surface area contributed by atoms with E-state index in [9.17, 15) is 0 Å². The van der Waals surface area contributed by atoms with Crippen LogP contribution in [0.1, 0.15) is 0 Å². The van der Waals surface area contributed by atoms with Gasteiger partial charge in [-0.1, -0.05) is 0 Å². The minimum Gasteiger partial charge on any atom is -0.470 e. The quantitative estimate of drug-likeness (QED) is 0.296. The molecule has 0 aliphatic carbocycles. The first kappa shape index (κ1) is 6.74. The molecule has 0 amide bonds. The Morgan fingerprint density at radius 3 is 2.12 bits per heavy atom. The molecule has 1 rings (SSSR count). The molecular formula is C4H10N2S2. The van der Waals surface area contributed by atoms with Crippen LogP contribution in [-0.4, -0.2) is 28.6 Å². The molecule has 1 aliphatic heterocycles. The summed E-state index contributed by atoms with van der Waals surface area (Å²) in [5.41, 5.74) is 0. The highest BCUT2D eigenvalue weighted by atomic mass is 32.2. The van der Waals surface area contributed by atoms with E-state index in [1.807, 2.05) is 11.8 Å². The highest BCUT2D eigenvalue weighted by molar-refractivity contribution is 7.99. The second kappa shape index (κ2) is 2.47. The van der Waals surface area contributed by atoms with E-state index < -0.39 is 0 Å². The summed E-state index contributed by atoms with van der Waals surface area (Å²) in [6.07, 6.45) is 0. The van der Waals surface area contributed by atoms with Gasteiger partial charge in [0.05, 0.1) is 13.1 Å². The second-order valence-electron chi connectivity index (χ2n) is 2.01. The lowest BCUT2D eigenvalue weighted by atomic mass is 10.6. The molecular weight excluding hydrogens is 140 g/mol. The van der Waals surface area contributed by atoms with Crippen molar-refractivity contribution >= 4 is 24.6 Å². The number of thioether (sulfide) groups is 1. The molecule has 0 unspecified atom stereocenters. The van der Waals surface area contributed by atoms with E-state index in [-0.39, 0.29) is 0 Å². The van der Waals surface area contributed by atoms with Crippen LogP contribution in [0, 0.1) is 0 Å². The Morgan fingerprint density at radius 2 is 1.88 bits per heavy atom. The van der Waals surface area contributed by atoms with Crippen LogP contribution in [0.3, 0.4) is 0 Å². The van der Waals surface area contributed by atoms with E-state index in [0.29, 0.717) is 4.00 Å². The van der Waals surface area contributed by atoms with Crippen LogP contribution in [-0.2, 0) is 12.8 Å². The van der Waals surface area contributed by atoms with Crippen LogP contribution in [0.15, 0.2) is 0 Å². The Labute approximate surface area is 59.5 Å². The fraction of sp³-hybridized carbons (Fsp3) is 1.00. The number of hydrogen-bond donors (Lipinski definition) is 1. The van der Waals surface area contributed by atoms with E-state index in [1.54, 1.807) is 0 Å². The van der Waals surface area contributed by atoms with Crippen molar-refractivity contribution in [3.63, 3.8) is 0 Å². The molecule has 0 saturated carbocycles. The molecule has 1 saturated heterocycles. The maximum Gasteiger partial charge on any atom is 0.0884 e. The van der Waals surface area contributed by atoms with Crippen molar-refractivity contribution in [2.75, 3.05) is 24.6 Å². The van der Waals surface area contributed by atoms with Gasteiger partial charge in [-0.15, -0.1) is 0 Å². The van der Waals surface area contributed by atoms with Gasteiger partial charge >= 0.3 is 0 Å². The zero-order valence-electron chi connectivity index (χ0n) is 4.67. The molecule has 2 N–H and O–H groups in total. The van der Waals surface area contributed by atoms with Crippen LogP contribution >= 0.6 is 11.8 Å². The molecule has 0 atom stereocenters. The first-order chi connectivity index (χ1) is 3.71. The molecule has 4 heteroatoms. The monoisotopic (exact) mass is 150 g/mol. The Kier molecular flexibility index (Phi) is 2.08. The molecule has 1 heterocycles. The van der Waals surface area contributed by atoms with Crippen LogP contribution in [0.4, 0.5) is 0 Å². The van der Waals surface area contributed by atoms with Gasteiger partial charge in [-0.3, -0.25) is 0 Å². The first-order valence-corrected chi connectivity index (χ1v) is 4.17. The molecule has 8 heavy (non-hydrogen) atoms. The van der Waals surface area contributed by atoms with Crippen LogP contribution < -0.4 is 5.84 Å². The standard InChI is InChI=1S/C4H10N2S2/c5-6(7)1-3-8-4-2-6/h1-5H2. The Hall–Kier alpha value is 0.620. The van der Waals surface area contributed by atoms with Gasteiger partial charge in [-0.2, -0.15) is 17.6 Å². The van der Waals surface area contributed by atoms with E-state index in [0.717, 1.165) is 24.6 Å². The number of nitrogens with zero attached hydrogens (tertiary/aromatic N) is 1. The van der Waals surface area contributed by atoms with Crippen LogP contribution in [0.2, 0.25) is 0 Å². The topological polar surface area (TPSA) is 26.0 Å². The Bertz CT molecular complexity index is 76.1. The minimum absolute atomic E-state index is 0.313. The molecule has 0 bridgehead atoms. The summed E-state index contributed by atoms with van der Waals surface area (Å²) in [5.74, 6) is 7.87. The normalized spacial score (nSPS) is 27.8. The summed E-state index contributed by atoms with van der Waals surface area (Å²) >= 11 is 6.93. The largest absolute Gasteiger partial charge is 0.470 e. The number of rotatable bonds is 0. The van der Waals surface area contributed by atoms with Gasteiger partial charge < -0.3 is 16.8 Å². The first-order valence-electron chi connectivity index (χ1n) is 2.65. The molecule has 0 spiro atoms. The van der Waals surface area contributed by atoms with Gasteiger partial charge in [0, 0.05) is 11.5 Å². The average Bonchev–Trinajstić information content (AvgIpc) is 1.65. The molecule has 0 radical (unpaired) electrons. The van der Waals surface area contributed by atoms with Crippen LogP contribution in [0.5, 0.6) is 0 Å². The molecule has 0 aromatic heterocycles. The van der Waals surface area contributed by atoms with Gasteiger partial charge in [0.15, 0.2) is 0 Å². The number of hydrogen-bond acceptors (Lipinski definition) is 3. The van der Waals surface area contributed by atoms with Gasteiger partial charge in [-0.25, -0.2) is 0 Å². The lowest BCUT2D eigenvalue weighted by Gasteiger charge is -2.40. The van der Waals surface area contributed by atoms with Crippen molar-refractivity contribution < 1.29 is 4.00 Å². The third-order valence-corrected chi connectivity index (χ3v) is 2.54. The van der Waals surface area contributed by atoms with Crippen molar-refractivity contribution in [1.29, 1.82) is 0 Å². The summed E-state index contributed by atoms with van der Waals surface area (Å²) in [6, 6.07) is 0. The van der Waals surface area contributed by atoms with Crippen molar-refractivity contribution in [2.45, 2.75) is 0 Å². The smallest absolute Gasteiger partial charge is 0.0884 e. The maximum atomic E-state index is 5.62. The van der Waals surface area contributed by atoms with Gasteiger partial charge in [0.25, 0.3) is 0 Å². The SMILES string of the molecule is N[N+]1([S-])CCSCC1.